The van der Waals surface area contributed by atoms with Crippen LogP contribution in [0.1, 0.15) is 37.0 Å². The fourth-order valence-corrected chi connectivity index (χ4v) is 3.68. The fourth-order valence-electron chi connectivity index (χ4n) is 3.68. The summed E-state index contributed by atoms with van der Waals surface area (Å²) < 4.78 is 5.89. The summed E-state index contributed by atoms with van der Waals surface area (Å²) in [6.07, 6.45) is 0.103. The van der Waals surface area contributed by atoms with Crippen LogP contribution < -0.4 is 0 Å². The minimum Gasteiger partial charge on any atom is -0.436 e. The average molecular weight is 321 g/mol. The van der Waals surface area contributed by atoms with Crippen molar-refractivity contribution in [3.63, 3.8) is 0 Å². The van der Waals surface area contributed by atoms with Crippen LogP contribution >= 0.6 is 0 Å². The molecule has 122 valence electrons. The molecule has 0 bridgehead atoms. The predicted molar refractivity (Wildman–Crippen MR) is 90.6 cm³/mol. The van der Waals surface area contributed by atoms with Crippen molar-refractivity contribution in [2.75, 3.05) is 6.54 Å². The smallest absolute Gasteiger partial charge is 0.410 e. The molecule has 1 atom stereocenters. The molecule has 2 aromatic rings. The van der Waals surface area contributed by atoms with Crippen LogP contribution in [0.3, 0.4) is 0 Å². The monoisotopic (exact) mass is 321 g/mol. The SMILES string of the molecule is CC1CC(=O)CCN1C(=O)OC1c2ccccc2-c2ccccc21. The number of nitrogens with zero attached hydrogens (tertiary/aromatic N) is 1. The van der Waals surface area contributed by atoms with Crippen LogP contribution in [0.15, 0.2) is 48.5 Å². The second-order valence-corrected chi connectivity index (χ2v) is 6.47. The van der Waals surface area contributed by atoms with E-state index in [9.17, 15) is 9.59 Å². The Kier molecular flexibility index (Phi) is 3.60. The molecule has 2 aliphatic rings. The summed E-state index contributed by atoms with van der Waals surface area (Å²) in [6, 6.07) is 16.0. The van der Waals surface area contributed by atoms with Gasteiger partial charge in [-0.25, -0.2) is 4.79 Å². The third-order valence-corrected chi connectivity index (χ3v) is 4.92. The number of hydrogen-bond donors (Lipinski definition) is 0. The molecular formula is C20H19NO3. The van der Waals surface area contributed by atoms with E-state index in [1.807, 2.05) is 43.3 Å². The van der Waals surface area contributed by atoms with Crippen molar-refractivity contribution in [3.8, 4) is 11.1 Å². The van der Waals surface area contributed by atoms with Crippen LogP contribution in [-0.2, 0) is 9.53 Å². The Morgan fingerprint density at radius 3 is 2.21 bits per heavy atom. The standard InChI is InChI=1S/C20H19NO3/c1-13-12-14(22)10-11-21(13)20(23)24-19-17-8-4-2-6-15(17)16-7-3-5-9-18(16)19/h2-9,13,19H,10-12H2,1H3. The van der Waals surface area contributed by atoms with Crippen LogP contribution in [0, 0.1) is 0 Å². The van der Waals surface area contributed by atoms with E-state index in [0.29, 0.717) is 19.4 Å². The zero-order chi connectivity index (χ0) is 16.7. The molecule has 1 saturated heterocycles. The molecule has 4 nitrogen and oxygen atoms in total. The van der Waals surface area contributed by atoms with Crippen molar-refractivity contribution in [3.05, 3.63) is 59.7 Å². The lowest BCUT2D eigenvalue weighted by molar-refractivity contribution is -0.122. The second-order valence-electron chi connectivity index (χ2n) is 6.47. The number of likely N-dealkylation sites (tertiary alicyclic amines) is 1. The van der Waals surface area contributed by atoms with E-state index in [1.165, 1.54) is 0 Å². The number of ketones is 1. The second kappa shape index (κ2) is 5.78. The van der Waals surface area contributed by atoms with E-state index >= 15 is 0 Å². The van der Waals surface area contributed by atoms with Crippen LogP contribution in [0.25, 0.3) is 11.1 Å². The zero-order valence-corrected chi connectivity index (χ0v) is 13.6. The van der Waals surface area contributed by atoms with Crippen molar-refractivity contribution < 1.29 is 14.3 Å². The molecule has 1 amide bonds. The number of carbonyl (C=O) groups excluding carboxylic acids is 2. The first-order valence-electron chi connectivity index (χ1n) is 8.32. The highest BCUT2D eigenvalue weighted by Gasteiger charge is 2.34. The van der Waals surface area contributed by atoms with Gasteiger partial charge in [-0.05, 0) is 18.1 Å². The first-order valence-corrected chi connectivity index (χ1v) is 8.32. The number of fused-ring (bicyclic) bond motifs is 3. The number of piperidine rings is 1. The van der Waals surface area contributed by atoms with Gasteiger partial charge in [-0.15, -0.1) is 0 Å². The first kappa shape index (κ1) is 14.9. The van der Waals surface area contributed by atoms with Crippen molar-refractivity contribution in [2.24, 2.45) is 0 Å². The largest absolute Gasteiger partial charge is 0.436 e. The van der Waals surface area contributed by atoms with Crippen LogP contribution in [0.2, 0.25) is 0 Å². The lowest BCUT2D eigenvalue weighted by atomic mass is 10.0. The predicted octanol–water partition coefficient (Wildman–Crippen LogP) is 3.95. The van der Waals surface area contributed by atoms with Crippen molar-refractivity contribution in [1.29, 1.82) is 0 Å². The highest BCUT2D eigenvalue weighted by molar-refractivity contribution is 5.83. The fraction of sp³-hybridized carbons (Fsp3) is 0.300. The number of hydrogen-bond acceptors (Lipinski definition) is 3. The molecular weight excluding hydrogens is 302 g/mol. The molecule has 2 aromatic carbocycles. The third-order valence-electron chi connectivity index (χ3n) is 4.92. The molecule has 1 aliphatic carbocycles. The number of amides is 1. The maximum Gasteiger partial charge on any atom is 0.410 e. The molecule has 0 radical (unpaired) electrons. The summed E-state index contributed by atoms with van der Waals surface area (Å²) in [5.74, 6) is 0.211. The molecule has 1 unspecified atom stereocenters. The average Bonchev–Trinajstić information content (AvgIpc) is 2.89. The topological polar surface area (TPSA) is 46.6 Å². The lowest BCUT2D eigenvalue weighted by Crippen LogP contribution is -2.45. The van der Waals surface area contributed by atoms with Crippen molar-refractivity contribution >= 4 is 11.9 Å². The molecule has 0 aromatic heterocycles. The Hall–Kier alpha value is -2.62. The van der Waals surface area contributed by atoms with E-state index in [-0.39, 0.29) is 24.0 Å². The molecule has 0 spiro atoms. The number of ether oxygens (including phenoxy) is 1. The van der Waals surface area contributed by atoms with Gasteiger partial charge in [0.25, 0.3) is 0 Å². The number of benzene rings is 2. The highest BCUT2D eigenvalue weighted by atomic mass is 16.6. The van der Waals surface area contributed by atoms with E-state index in [4.69, 9.17) is 4.74 Å². The highest BCUT2D eigenvalue weighted by Crippen LogP contribution is 2.45. The van der Waals surface area contributed by atoms with Crippen molar-refractivity contribution in [2.45, 2.75) is 31.9 Å². The summed E-state index contributed by atoms with van der Waals surface area (Å²) in [6.45, 7) is 2.34. The Bertz CT molecular complexity index is 769. The van der Waals surface area contributed by atoms with Crippen molar-refractivity contribution in [1.82, 2.24) is 4.90 Å². The van der Waals surface area contributed by atoms with Gasteiger partial charge in [0.15, 0.2) is 6.10 Å². The number of carbonyl (C=O) groups is 2. The molecule has 4 heteroatoms. The van der Waals surface area contributed by atoms with Gasteiger partial charge in [0, 0.05) is 36.6 Å². The summed E-state index contributed by atoms with van der Waals surface area (Å²) in [5, 5.41) is 0. The molecule has 4 rings (SSSR count). The van der Waals surface area contributed by atoms with E-state index in [2.05, 4.69) is 12.1 Å². The first-order chi connectivity index (χ1) is 11.6. The Morgan fingerprint density at radius 2 is 1.62 bits per heavy atom. The maximum absolute atomic E-state index is 12.7. The van der Waals surface area contributed by atoms with Crippen LogP contribution in [0.4, 0.5) is 4.79 Å². The number of Topliss-reactive ketones (excluding diaryl/α,β-unsaturated/α-hetero) is 1. The summed E-state index contributed by atoms with van der Waals surface area (Å²) >= 11 is 0. The van der Waals surface area contributed by atoms with E-state index in [1.54, 1.807) is 4.90 Å². The molecule has 0 saturated carbocycles. The lowest BCUT2D eigenvalue weighted by Gasteiger charge is -2.32. The molecule has 1 heterocycles. The molecule has 1 fully saturated rings. The molecule has 24 heavy (non-hydrogen) atoms. The van der Waals surface area contributed by atoms with Gasteiger partial charge in [-0.3, -0.25) is 4.79 Å². The van der Waals surface area contributed by atoms with E-state index in [0.717, 1.165) is 22.3 Å². The van der Waals surface area contributed by atoms with Gasteiger partial charge in [0.2, 0.25) is 0 Å². The number of rotatable bonds is 1. The Labute approximate surface area is 141 Å². The Morgan fingerprint density at radius 1 is 1.04 bits per heavy atom. The van der Waals surface area contributed by atoms with Gasteiger partial charge in [-0.1, -0.05) is 48.5 Å². The molecule has 1 aliphatic heterocycles. The summed E-state index contributed by atoms with van der Waals surface area (Å²) in [5.41, 5.74) is 4.28. The zero-order valence-electron chi connectivity index (χ0n) is 13.6. The van der Waals surface area contributed by atoms with Gasteiger partial charge in [0.1, 0.15) is 5.78 Å². The van der Waals surface area contributed by atoms with Gasteiger partial charge in [-0.2, -0.15) is 0 Å². The summed E-state index contributed by atoms with van der Waals surface area (Å²) in [7, 11) is 0. The van der Waals surface area contributed by atoms with Gasteiger partial charge in [0.05, 0.1) is 0 Å². The van der Waals surface area contributed by atoms with Crippen LogP contribution in [-0.4, -0.2) is 29.4 Å². The molecule has 0 N–H and O–H groups in total. The van der Waals surface area contributed by atoms with Gasteiger partial charge < -0.3 is 9.64 Å². The minimum atomic E-state index is -0.380. The van der Waals surface area contributed by atoms with E-state index < -0.39 is 0 Å². The maximum atomic E-state index is 12.7. The Balaban J connectivity index is 1.63. The summed E-state index contributed by atoms with van der Waals surface area (Å²) in [4.78, 5) is 25.9. The third kappa shape index (κ3) is 2.39. The quantitative estimate of drug-likeness (QED) is 0.799. The normalized spacial score (nSPS) is 19.8. The van der Waals surface area contributed by atoms with Crippen LogP contribution in [0.5, 0.6) is 0 Å². The van der Waals surface area contributed by atoms with Gasteiger partial charge >= 0.3 is 6.09 Å². The minimum absolute atomic E-state index is 0.106.